The lowest BCUT2D eigenvalue weighted by Crippen LogP contribution is -2.23. The van der Waals surface area contributed by atoms with Crippen molar-refractivity contribution in [3.05, 3.63) is 33.6 Å². The third kappa shape index (κ3) is 2.62. The number of nitrogens with one attached hydrogen (secondary N) is 3. The highest BCUT2D eigenvalue weighted by molar-refractivity contribution is 7.91. The summed E-state index contributed by atoms with van der Waals surface area (Å²) in [6.45, 7) is 1.60. The second-order valence-corrected chi connectivity index (χ2v) is 6.23. The van der Waals surface area contributed by atoms with E-state index in [9.17, 15) is 13.2 Å². The van der Waals surface area contributed by atoms with Gasteiger partial charge in [0.05, 0.1) is 6.54 Å². The van der Waals surface area contributed by atoms with Crippen molar-refractivity contribution >= 4 is 21.4 Å². The second kappa shape index (κ2) is 4.43. The molecule has 0 fully saturated rings. The molecule has 3 N–H and O–H groups in total. The minimum Gasteiger partial charge on any atom is -0.347 e. The molecule has 9 heteroatoms. The van der Waals surface area contributed by atoms with E-state index in [0.717, 1.165) is 0 Å². The van der Waals surface area contributed by atoms with Gasteiger partial charge in [-0.15, -0.1) is 0 Å². The van der Waals surface area contributed by atoms with E-state index in [0.29, 0.717) is 22.9 Å². The first kappa shape index (κ1) is 12.0. The Morgan fingerprint density at radius 3 is 2.82 bits per heavy atom. The van der Waals surface area contributed by atoms with Crippen LogP contribution in [-0.2, 0) is 16.6 Å². The minimum atomic E-state index is -3.67. The number of rotatable bonds is 4. The van der Waals surface area contributed by atoms with E-state index >= 15 is 0 Å². The summed E-state index contributed by atoms with van der Waals surface area (Å²) in [5, 5.41) is 0. The molecule has 0 saturated carbocycles. The SMILES string of the molecule is Cc1[nH]c(=O)sc1S(=O)(=O)NCc1ncc[nH]1. The summed E-state index contributed by atoms with van der Waals surface area (Å²) in [5.41, 5.74) is 0.340. The van der Waals surface area contributed by atoms with E-state index in [1.54, 1.807) is 13.1 Å². The smallest absolute Gasteiger partial charge is 0.305 e. The number of hydrogen-bond donors (Lipinski definition) is 3. The Kier molecular flexibility index (Phi) is 3.13. The molecule has 0 aliphatic carbocycles. The molecule has 0 unspecified atom stereocenters. The van der Waals surface area contributed by atoms with Crippen molar-refractivity contribution < 1.29 is 8.42 Å². The van der Waals surface area contributed by atoms with Gasteiger partial charge >= 0.3 is 4.87 Å². The molecule has 2 aromatic heterocycles. The van der Waals surface area contributed by atoms with Gasteiger partial charge in [-0.3, -0.25) is 4.79 Å². The van der Waals surface area contributed by atoms with Crippen LogP contribution in [-0.4, -0.2) is 23.4 Å². The van der Waals surface area contributed by atoms with Gasteiger partial charge < -0.3 is 9.97 Å². The summed E-state index contributed by atoms with van der Waals surface area (Å²) < 4.78 is 26.1. The summed E-state index contributed by atoms with van der Waals surface area (Å²) in [5.74, 6) is 0.508. The molecule has 0 bridgehead atoms. The Labute approximate surface area is 101 Å². The van der Waals surface area contributed by atoms with E-state index < -0.39 is 10.0 Å². The molecule has 17 heavy (non-hydrogen) atoms. The van der Waals surface area contributed by atoms with E-state index in [-0.39, 0.29) is 15.6 Å². The van der Waals surface area contributed by atoms with E-state index in [1.165, 1.54) is 6.20 Å². The van der Waals surface area contributed by atoms with Crippen molar-refractivity contribution in [1.82, 2.24) is 19.7 Å². The van der Waals surface area contributed by atoms with Gasteiger partial charge in [0.15, 0.2) is 4.21 Å². The second-order valence-electron chi connectivity index (χ2n) is 3.29. The number of sulfonamides is 1. The number of imidazole rings is 1. The first-order valence-electron chi connectivity index (χ1n) is 4.66. The molecular formula is C8H10N4O3S2. The van der Waals surface area contributed by atoms with Crippen LogP contribution >= 0.6 is 11.3 Å². The van der Waals surface area contributed by atoms with Crippen LogP contribution in [0.3, 0.4) is 0 Å². The Morgan fingerprint density at radius 2 is 2.29 bits per heavy atom. The molecule has 2 heterocycles. The predicted octanol–water partition coefficient (Wildman–Crippen LogP) is -0.0536. The summed E-state index contributed by atoms with van der Waals surface area (Å²) in [7, 11) is -3.67. The summed E-state index contributed by atoms with van der Waals surface area (Å²) in [4.78, 5) is 19.8. The van der Waals surface area contributed by atoms with Gasteiger partial charge in [0, 0.05) is 18.1 Å². The zero-order chi connectivity index (χ0) is 12.5. The number of hydrogen-bond acceptors (Lipinski definition) is 5. The maximum absolute atomic E-state index is 11.9. The van der Waals surface area contributed by atoms with E-state index in [4.69, 9.17) is 0 Å². The number of aromatic nitrogens is 3. The molecule has 0 atom stereocenters. The normalized spacial score (nSPS) is 11.8. The van der Waals surface area contributed by atoms with Gasteiger partial charge in [-0.25, -0.2) is 18.1 Å². The monoisotopic (exact) mass is 274 g/mol. The minimum absolute atomic E-state index is 0.00839. The molecular weight excluding hydrogens is 264 g/mol. The van der Waals surface area contributed by atoms with Crippen molar-refractivity contribution in [1.29, 1.82) is 0 Å². The van der Waals surface area contributed by atoms with Gasteiger partial charge in [0.2, 0.25) is 0 Å². The molecule has 92 valence electrons. The topological polar surface area (TPSA) is 108 Å². The number of aromatic amines is 2. The van der Waals surface area contributed by atoms with Crippen molar-refractivity contribution in [3.63, 3.8) is 0 Å². The highest BCUT2D eigenvalue weighted by atomic mass is 32.2. The molecule has 2 aromatic rings. The number of aryl methyl sites for hydroxylation is 1. The lowest BCUT2D eigenvalue weighted by Gasteiger charge is -2.03. The van der Waals surface area contributed by atoms with Gasteiger partial charge in [-0.05, 0) is 6.92 Å². The molecule has 0 aliphatic rings. The molecule has 0 saturated heterocycles. The fourth-order valence-corrected chi connectivity index (χ4v) is 3.60. The van der Waals surface area contributed by atoms with Crippen LogP contribution in [0.2, 0.25) is 0 Å². The zero-order valence-corrected chi connectivity index (χ0v) is 10.5. The molecule has 0 radical (unpaired) electrons. The number of nitrogens with zero attached hydrogens (tertiary/aromatic N) is 1. The molecule has 7 nitrogen and oxygen atoms in total. The summed E-state index contributed by atoms with van der Waals surface area (Å²) >= 11 is 0.666. The number of H-pyrrole nitrogens is 2. The van der Waals surface area contributed by atoms with E-state index in [1.807, 2.05) is 0 Å². The first-order valence-corrected chi connectivity index (χ1v) is 6.96. The van der Waals surface area contributed by atoms with Crippen LogP contribution in [0, 0.1) is 6.92 Å². The number of thiazole rings is 1. The van der Waals surface area contributed by atoms with Gasteiger partial charge in [-0.2, -0.15) is 0 Å². The van der Waals surface area contributed by atoms with Gasteiger partial charge in [-0.1, -0.05) is 11.3 Å². The van der Waals surface area contributed by atoms with Crippen molar-refractivity contribution in [2.24, 2.45) is 0 Å². The molecule has 0 spiro atoms. The Balaban J connectivity index is 2.20. The molecule has 2 rings (SSSR count). The van der Waals surface area contributed by atoms with E-state index in [2.05, 4.69) is 19.7 Å². The lowest BCUT2D eigenvalue weighted by atomic mass is 10.6. The Hall–Kier alpha value is -1.45. The van der Waals surface area contributed by atoms with Gasteiger partial charge in [0.25, 0.3) is 10.0 Å². The average molecular weight is 274 g/mol. The molecule has 0 aliphatic heterocycles. The maximum Gasteiger partial charge on any atom is 0.305 e. The average Bonchev–Trinajstić information content (AvgIpc) is 2.85. The predicted molar refractivity (Wildman–Crippen MR) is 62.3 cm³/mol. The highest BCUT2D eigenvalue weighted by Gasteiger charge is 2.20. The highest BCUT2D eigenvalue weighted by Crippen LogP contribution is 2.15. The summed E-state index contributed by atoms with van der Waals surface area (Å²) in [6.07, 6.45) is 3.13. The zero-order valence-electron chi connectivity index (χ0n) is 8.85. The van der Waals surface area contributed by atoms with Crippen molar-refractivity contribution in [2.75, 3.05) is 0 Å². The molecule has 0 amide bonds. The van der Waals surface area contributed by atoms with Crippen LogP contribution in [0.4, 0.5) is 0 Å². The van der Waals surface area contributed by atoms with Crippen LogP contribution in [0.5, 0.6) is 0 Å². The standard InChI is InChI=1S/C8H10N4O3S2/c1-5-7(16-8(13)12-5)17(14,15)11-4-6-9-2-3-10-6/h2-3,11H,4H2,1H3,(H,9,10)(H,12,13). The van der Waals surface area contributed by atoms with Crippen molar-refractivity contribution in [2.45, 2.75) is 17.7 Å². The first-order chi connectivity index (χ1) is 7.99. The third-order valence-electron chi connectivity index (χ3n) is 2.01. The molecule has 0 aromatic carbocycles. The van der Waals surface area contributed by atoms with Crippen LogP contribution < -0.4 is 9.60 Å². The summed E-state index contributed by atoms with van der Waals surface area (Å²) in [6, 6.07) is 0. The lowest BCUT2D eigenvalue weighted by molar-refractivity contribution is 0.581. The van der Waals surface area contributed by atoms with Crippen LogP contribution in [0.1, 0.15) is 11.5 Å². The third-order valence-corrected chi connectivity index (χ3v) is 5.02. The van der Waals surface area contributed by atoms with Crippen molar-refractivity contribution in [3.8, 4) is 0 Å². The quantitative estimate of drug-likeness (QED) is 0.726. The Bertz CT molecular complexity index is 653. The van der Waals surface area contributed by atoms with Crippen LogP contribution in [0.15, 0.2) is 21.4 Å². The van der Waals surface area contributed by atoms with Gasteiger partial charge in [0.1, 0.15) is 5.82 Å². The largest absolute Gasteiger partial charge is 0.347 e. The fraction of sp³-hybridized carbons (Fsp3) is 0.250. The Morgan fingerprint density at radius 1 is 1.53 bits per heavy atom. The fourth-order valence-electron chi connectivity index (χ4n) is 1.27. The maximum atomic E-state index is 11.9. The van der Waals surface area contributed by atoms with Crippen LogP contribution in [0.25, 0.3) is 0 Å².